The van der Waals surface area contributed by atoms with Crippen molar-refractivity contribution in [3.63, 3.8) is 0 Å². The maximum Gasteiger partial charge on any atom is 0.338 e. The van der Waals surface area contributed by atoms with Crippen LogP contribution in [0.3, 0.4) is 0 Å². The van der Waals surface area contributed by atoms with E-state index in [1.165, 1.54) is 26.3 Å². The summed E-state index contributed by atoms with van der Waals surface area (Å²) in [5.41, 5.74) is 0.148. The van der Waals surface area contributed by atoms with Gasteiger partial charge in [-0.3, -0.25) is 4.79 Å². The summed E-state index contributed by atoms with van der Waals surface area (Å²) in [6.07, 6.45) is 0. The lowest BCUT2D eigenvalue weighted by Crippen LogP contribution is -2.25. The van der Waals surface area contributed by atoms with Crippen molar-refractivity contribution in [2.75, 3.05) is 20.8 Å². The first-order valence-electron chi connectivity index (χ1n) is 4.90. The van der Waals surface area contributed by atoms with Crippen molar-refractivity contribution in [2.45, 2.75) is 0 Å². The quantitative estimate of drug-likeness (QED) is 0.861. The molecule has 0 unspecified atom stereocenters. The Hall–Kier alpha value is -1.46. The number of carbonyl (C=O) groups excluding carboxylic acids is 2. The highest BCUT2D eigenvalue weighted by atomic mass is 35.5. The van der Waals surface area contributed by atoms with Crippen LogP contribution in [0.2, 0.25) is 10.0 Å². The van der Waals surface area contributed by atoms with Crippen molar-refractivity contribution in [1.82, 2.24) is 5.32 Å². The molecule has 1 amide bonds. The summed E-state index contributed by atoms with van der Waals surface area (Å²) in [7, 11) is 2.86. The summed E-state index contributed by atoms with van der Waals surface area (Å²) in [4.78, 5) is 22.5. The summed E-state index contributed by atoms with van der Waals surface area (Å²) in [6.45, 7) is -0.364. The van der Waals surface area contributed by atoms with Crippen LogP contribution in [0.25, 0.3) is 0 Å². The molecule has 1 N–H and O–H groups in total. The Kier molecular flexibility index (Phi) is 5.25. The van der Waals surface area contributed by atoms with E-state index in [9.17, 15) is 9.59 Å². The molecule has 5 nitrogen and oxygen atoms in total. The smallest absolute Gasteiger partial charge is 0.338 e. The average molecular weight is 292 g/mol. The number of esters is 1. The molecule has 0 spiro atoms. The van der Waals surface area contributed by atoms with E-state index in [-0.39, 0.29) is 28.0 Å². The molecular formula is C11H11Cl2NO4. The third-order valence-electron chi connectivity index (χ3n) is 2.05. The van der Waals surface area contributed by atoms with Gasteiger partial charge in [0.05, 0.1) is 22.7 Å². The van der Waals surface area contributed by atoms with Gasteiger partial charge in [-0.2, -0.15) is 0 Å². The molecule has 0 saturated heterocycles. The zero-order valence-electron chi connectivity index (χ0n) is 9.75. The Morgan fingerprint density at radius 2 is 1.83 bits per heavy atom. The van der Waals surface area contributed by atoms with E-state index >= 15 is 0 Å². The van der Waals surface area contributed by atoms with E-state index in [1.807, 2.05) is 0 Å². The zero-order chi connectivity index (χ0) is 13.7. The van der Waals surface area contributed by atoms with Crippen LogP contribution in [0.5, 0.6) is 5.75 Å². The number of halogens is 2. The summed E-state index contributed by atoms with van der Waals surface area (Å²) in [5.74, 6) is -0.819. The predicted octanol–water partition coefficient (Wildman–Crippen LogP) is 1.90. The van der Waals surface area contributed by atoms with Crippen LogP contribution < -0.4 is 10.1 Å². The van der Waals surface area contributed by atoms with Crippen LogP contribution in [0.15, 0.2) is 12.1 Å². The van der Waals surface area contributed by atoms with E-state index < -0.39 is 11.9 Å². The van der Waals surface area contributed by atoms with E-state index in [0.29, 0.717) is 0 Å². The van der Waals surface area contributed by atoms with E-state index in [1.54, 1.807) is 0 Å². The first-order valence-corrected chi connectivity index (χ1v) is 5.66. The van der Waals surface area contributed by atoms with Crippen LogP contribution in [-0.2, 0) is 9.53 Å². The molecule has 0 saturated carbocycles. The van der Waals surface area contributed by atoms with Crippen LogP contribution in [0.1, 0.15) is 10.4 Å². The van der Waals surface area contributed by atoms with Gasteiger partial charge >= 0.3 is 5.97 Å². The van der Waals surface area contributed by atoms with Crippen molar-refractivity contribution in [2.24, 2.45) is 0 Å². The van der Waals surface area contributed by atoms with Gasteiger partial charge in [-0.1, -0.05) is 23.2 Å². The Morgan fingerprint density at radius 1 is 1.28 bits per heavy atom. The molecule has 0 atom stereocenters. The molecule has 0 radical (unpaired) electrons. The lowest BCUT2D eigenvalue weighted by molar-refractivity contribution is -0.123. The molecular weight excluding hydrogens is 281 g/mol. The normalized spacial score (nSPS) is 9.78. The molecule has 1 aromatic carbocycles. The first kappa shape index (κ1) is 14.6. The largest absolute Gasteiger partial charge is 0.494 e. The fraction of sp³-hybridized carbons (Fsp3) is 0.273. The number of hydrogen-bond donors (Lipinski definition) is 1. The molecule has 0 aliphatic rings. The number of amides is 1. The molecule has 0 bridgehead atoms. The number of rotatable bonds is 4. The number of likely N-dealkylation sites (N-methyl/N-ethyl adjacent to an activating group) is 1. The SMILES string of the molecule is CNC(=O)COC(=O)c1cc(Cl)c(OC)c(Cl)c1. The number of methoxy groups -OCH3 is 1. The van der Waals surface area contributed by atoms with Crippen molar-refractivity contribution >= 4 is 35.1 Å². The minimum Gasteiger partial charge on any atom is -0.494 e. The van der Waals surface area contributed by atoms with Gasteiger partial charge in [0.25, 0.3) is 5.91 Å². The highest BCUT2D eigenvalue weighted by Crippen LogP contribution is 2.33. The minimum absolute atomic E-state index is 0.148. The number of ether oxygens (including phenoxy) is 2. The molecule has 1 rings (SSSR count). The molecule has 1 aromatic rings. The van der Waals surface area contributed by atoms with Gasteiger partial charge in [0.15, 0.2) is 12.4 Å². The first-order chi connectivity index (χ1) is 8.49. The highest BCUT2D eigenvalue weighted by Gasteiger charge is 2.15. The van der Waals surface area contributed by atoms with E-state index in [0.717, 1.165) is 0 Å². The molecule has 0 aromatic heterocycles. The van der Waals surface area contributed by atoms with Gasteiger partial charge in [-0.05, 0) is 12.1 Å². The second kappa shape index (κ2) is 6.47. The third kappa shape index (κ3) is 3.51. The Balaban J connectivity index is 2.84. The average Bonchev–Trinajstić information content (AvgIpc) is 2.34. The standard InChI is InChI=1S/C11H11Cl2NO4/c1-14-9(15)5-18-11(16)6-3-7(12)10(17-2)8(13)4-6/h3-4H,5H2,1-2H3,(H,14,15). The lowest BCUT2D eigenvalue weighted by atomic mass is 10.2. The lowest BCUT2D eigenvalue weighted by Gasteiger charge is -2.08. The van der Waals surface area contributed by atoms with Crippen LogP contribution in [0.4, 0.5) is 0 Å². The monoisotopic (exact) mass is 291 g/mol. The van der Waals surface area contributed by atoms with Crippen LogP contribution >= 0.6 is 23.2 Å². The molecule has 0 fully saturated rings. The number of carbonyl (C=O) groups is 2. The topological polar surface area (TPSA) is 64.6 Å². The molecule has 0 aliphatic carbocycles. The van der Waals surface area contributed by atoms with Gasteiger partial charge in [-0.25, -0.2) is 4.79 Å². The van der Waals surface area contributed by atoms with E-state index in [4.69, 9.17) is 32.7 Å². The molecule has 7 heteroatoms. The molecule has 0 aliphatic heterocycles. The maximum absolute atomic E-state index is 11.6. The van der Waals surface area contributed by atoms with Gasteiger partial charge in [0.1, 0.15) is 0 Å². The summed E-state index contributed by atoms with van der Waals surface area (Å²) in [6, 6.07) is 2.72. The van der Waals surface area contributed by atoms with Gasteiger partial charge in [0, 0.05) is 7.05 Å². The van der Waals surface area contributed by atoms with Crippen LogP contribution in [0, 0.1) is 0 Å². The molecule has 0 heterocycles. The van der Waals surface area contributed by atoms with Gasteiger partial charge < -0.3 is 14.8 Å². The highest BCUT2D eigenvalue weighted by molar-refractivity contribution is 6.37. The third-order valence-corrected chi connectivity index (χ3v) is 2.61. The van der Waals surface area contributed by atoms with Crippen molar-refractivity contribution in [3.8, 4) is 5.75 Å². The predicted molar refractivity (Wildman–Crippen MR) is 67.4 cm³/mol. The second-order valence-electron chi connectivity index (χ2n) is 3.22. The van der Waals surface area contributed by atoms with Gasteiger partial charge in [0.2, 0.25) is 0 Å². The van der Waals surface area contributed by atoms with Crippen molar-refractivity contribution in [1.29, 1.82) is 0 Å². The summed E-state index contributed by atoms with van der Waals surface area (Å²) in [5, 5.41) is 2.71. The summed E-state index contributed by atoms with van der Waals surface area (Å²) >= 11 is 11.7. The maximum atomic E-state index is 11.6. The Labute approximate surface area is 114 Å². The van der Waals surface area contributed by atoms with E-state index in [2.05, 4.69) is 5.32 Å². The molecule has 18 heavy (non-hydrogen) atoms. The van der Waals surface area contributed by atoms with Gasteiger partial charge in [-0.15, -0.1) is 0 Å². The number of benzene rings is 1. The summed E-state index contributed by atoms with van der Waals surface area (Å²) < 4.78 is 9.70. The van der Waals surface area contributed by atoms with Crippen molar-refractivity contribution in [3.05, 3.63) is 27.7 Å². The Morgan fingerprint density at radius 3 is 2.28 bits per heavy atom. The second-order valence-corrected chi connectivity index (χ2v) is 4.04. The Bertz CT molecular complexity index is 453. The number of hydrogen-bond acceptors (Lipinski definition) is 4. The molecule has 98 valence electrons. The fourth-order valence-electron chi connectivity index (χ4n) is 1.16. The zero-order valence-corrected chi connectivity index (χ0v) is 11.3. The number of nitrogens with one attached hydrogen (secondary N) is 1. The van der Waals surface area contributed by atoms with Crippen molar-refractivity contribution < 1.29 is 19.1 Å². The fourth-order valence-corrected chi connectivity index (χ4v) is 1.80. The van der Waals surface area contributed by atoms with Crippen LogP contribution in [-0.4, -0.2) is 32.6 Å². The minimum atomic E-state index is -0.690.